The molecule has 0 aliphatic carbocycles. The smallest absolute Gasteiger partial charge is 0.240 e. The van der Waals surface area contributed by atoms with Gasteiger partial charge < -0.3 is 5.32 Å². The topological polar surface area (TPSA) is 88.9 Å². The SMILES string of the molecule is CNCc1ccc(S(=O)(=O)NCCn2ccnn2)cc1Cl. The fourth-order valence-corrected chi connectivity index (χ4v) is 3.12. The van der Waals surface area contributed by atoms with Gasteiger partial charge in [-0.15, -0.1) is 5.10 Å². The lowest BCUT2D eigenvalue weighted by molar-refractivity contribution is 0.553. The van der Waals surface area contributed by atoms with E-state index in [2.05, 4.69) is 20.4 Å². The molecule has 21 heavy (non-hydrogen) atoms. The Hall–Kier alpha value is -1.48. The van der Waals surface area contributed by atoms with Gasteiger partial charge in [-0.3, -0.25) is 4.68 Å². The monoisotopic (exact) mass is 329 g/mol. The van der Waals surface area contributed by atoms with Crippen molar-refractivity contribution in [1.29, 1.82) is 0 Å². The van der Waals surface area contributed by atoms with Gasteiger partial charge in [0.1, 0.15) is 0 Å². The van der Waals surface area contributed by atoms with E-state index in [1.165, 1.54) is 18.3 Å². The third-order valence-electron chi connectivity index (χ3n) is 2.81. The first kappa shape index (κ1) is 15.9. The molecule has 0 spiro atoms. The Morgan fingerprint density at radius 2 is 2.19 bits per heavy atom. The van der Waals surface area contributed by atoms with Gasteiger partial charge in [-0.05, 0) is 24.7 Å². The Bertz CT molecular complexity index is 688. The Morgan fingerprint density at radius 3 is 2.81 bits per heavy atom. The summed E-state index contributed by atoms with van der Waals surface area (Å²) >= 11 is 6.07. The van der Waals surface area contributed by atoms with Gasteiger partial charge in [-0.2, -0.15) is 0 Å². The number of hydrogen-bond donors (Lipinski definition) is 2. The van der Waals surface area contributed by atoms with Crippen molar-refractivity contribution in [3.63, 3.8) is 0 Å². The first-order valence-electron chi connectivity index (χ1n) is 6.30. The second kappa shape index (κ2) is 6.99. The van der Waals surface area contributed by atoms with Crippen molar-refractivity contribution in [2.24, 2.45) is 0 Å². The lowest BCUT2D eigenvalue weighted by Crippen LogP contribution is -2.27. The maximum Gasteiger partial charge on any atom is 0.240 e. The minimum absolute atomic E-state index is 0.144. The fraction of sp³-hybridized carbons (Fsp3) is 0.333. The molecule has 7 nitrogen and oxygen atoms in total. The maximum absolute atomic E-state index is 12.2. The summed E-state index contributed by atoms with van der Waals surface area (Å²) in [5.74, 6) is 0. The Morgan fingerprint density at radius 1 is 1.38 bits per heavy atom. The Balaban J connectivity index is 2.03. The largest absolute Gasteiger partial charge is 0.316 e. The summed E-state index contributed by atoms with van der Waals surface area (Å²) in [6.45, 7) is 1.21. The number of halogens is 1. The van der Waals surface area contributed by atoms with Crippen LogP contribution in [0.3, 0.4) is 0 Å². The van der Waals surface area contributed by atoms with Gasteiger partial charge >= 0.3 is 0 Å². The molecule has 0 atom stereocenters. The molecule has 1 aromatic carbocycles. The molecule has 2 N–H and O–H groups in total. The van der Waals surface area contributed by atoms with Gasteiger partial charge in [0, 0.05) is 24.3 Å². The van der Waals surface area contributed by atoms with E-state index in [1.807, 2.05) is 0 Å². The van der Waals surface area contributed by atoms with Crippen LogP contribution in [0.25, 0.3) is 0 Å². The summed E-state index contributed by atoms with van der Waals surface area (Å²) < 4.78 is 28.4. The van der Waals surface area contributed by atoms with Crippen LogP contribution in [0.4, 0.5) is 0 Å². The van der Waals surface area contributed by atoms with Gasteiger partial charge in [0.05, 0.1) is 17.6 Å². The van der Waals surface area contributed by atoms with E-state index in [9.17, 15) is 8.42 Å². The number of benzene rings is 1. The molecule has 0 aliphatic heterocycles. The molecule has 0 unspecified atom stereocenters. The third kappa shape index (κ3) is 4.24. The van der Waals surface area contributed by atoms with E-state index in [1.54, 1.807) is 24.0 Å². The van der Waals surface area contributed by atoms with E-state index in [-0.39, 0.29) is 11.4 Å². The highest BCUT2D eigenvalue weighted by atomic mass is 35.5. The standard InChI is InChI=1S/C12H16ClN5O2S/c1-14-9-10-2-3-11(8-12(10)13)21(19,20)16-5-7-18-6-4-15-17-18/h2-4,6,8,14,16H,5,7,9H2,1H3. The van der Waals surface area contributed by atoms with Gasteiger partial charge in [-0.25, -0.2) is 13.1 Å². The van der Waals surface area contributed by atoms with Crippen molar-refractivity contribution in [2.75, 3.05) is 13.6 Å². The molecule has 114 valence electrons. The van der Waals surface area contributed by atoms with Crippen LogP contribution in [0.5, 0.6) is 0 Å². The third-order valence-corrected chi connectivity index (χ3v) is 4.62. The second-order valence-electron chi connectivity index (χ2n) is 4.35. The summed E-state index contributed by atoms with van der Waals surface area (Å²) in [5, 5.41) is 10.8. The second-order valence-corrected chi connectivity index (χ2v) is 6.52. The van der Waals surface area contributed by atoms with E-state index in [0.29, 0.717) is 18.1 Å². The van der Waals surface area contributed by atoms with Crippen LogP contribution >= 0.6 is 11.6 Å². The van der Waals surface area contributed by atoms with Crippen LogP contribution in [-0.4, -0.2) is 37.0 Å². The highest BCUT2D eigenvalue weighted by Crippen LogP contribution is 2.20. The van der Waals surface area contributed by atoms with Crippen molar-refractivity contribution in [3.05, 3.63) is 41.2 Å². The van der Waals surface area contributed by atoms with Crippen LogP contribution in [0.15, 0.2) is 35.5 Å². The average molecular weight is 330 g/mol. The van der Waals surface area contributed by atoms with Crippen molar-refractivity contribution >= 4 is 21.6 Å². The number of sulfonamides is 1. The van der Waals surface area contributed by atoms with E-state index < -0.39 is 10.0 Å². The number of hydrogen-bond acceptors (Lipinski definition) is 5. The molecule has 0 amide bonds. The molecular weight excluding hydrogens is 314 g/mol. The van der Waals surface area contributed by atoms with Gasteiger partial charge in [0.2, 0.25) is 10.0 Å². The molecule has 1 aromatic heterocycles. The molecule has 0 saturated heterocycles. The molecule has 2 rings (SSSR count). The molecule has 9 heteroatoms. The molecule has 0 bridgehead atoms. The summed E-state index contributed by atoms with van der Waals surface area (Å²) in [6.07, 6.45) is 3.20. The number of rotatable bonds is 7. The van der Waals surface area contributed by atoms with Crippen LogP contribution in [0.2, 0.25) is 5.02 Å². The molecule has 1 heterocycles. The predicted octanol–water partition coefficient (Wildman–Crippen LogP) is 0.629. The van der Waals surface area contributed by atoms with E-state index in [0.717, 1.165) is 5.56 Å². The summed E-state index contributed by atoms with van der Waals surface area (Å²) in [7, 11) is -1.79. The lowest BCUT2D eigenvalue weighted by atomic mass is 10.2. The Labute approximate surface area is 128 Å². The zero-order valence-electron chi connectivity index (χ0n) is 11.5. The maximum atomic E-state index is 12.2. The van der Waals surface area contributed by atoms with Gasteiger partial charge in [-0.1, -0.05) is 22.9 Å². The van der Waals surface area contributed by atoms with Crippen molar-refractivity contribution < 1.29 is 8.42 Å². The van der Waals surface area contributed by atoms with Crippen LogP contribution < -0.4 is 10.0 Å². The zero-order chi connectivity index (χ0) is 15.3. The average Bonchev–Trinajstić information content (AvgIpc) is 2.94. The highest BCUT2D eigenvalue weighted by Gasteiger charge is 2.15. The van der Waals surface area contributed by atoms with Crippen molar-refractivity contribution in [1.82, 2.24) is 25.0 Å². The van der Waals surface area contributed by atoms with Crippen molar-refractivity contribution in [3.8, 4) is 0 Å². The highest BCUT2D eigenvalue weighted by molar-refractivity contribution is 7.89. The van der Waals surface area contributed by atoms with Gasteiger partial charge in [0.25, 0.3) is 0 Å². The van der Waals surface area contributed by atoms with Crippen LogP contribution in [0, 0.1) is 0 Å². The van der Waals surface area contributed by atoms with E-state index >= 15 is 0 Å². The molecule has 0 saturated carbocycles. The predicted molar refractivity (Wildman–Crippen MR) is 79.4 cm³/mol. The normalized spacial score (nSPS) is 11.7. The minimum atomic E-state index is -3.58. The van der Waals surface area contributed by atoms with Crippen LogP contribution in [-0.2, 0) is 23.1 Å². The molecule has 0 radical (unpaired) electrons. The Kier molecular flexibility index (Phi) is 5.29. The minimum Gasteiger partial charge on any atom is -0.316 e. The quantitative estimate of drug-likeness (QED) is 0.777. The fourth-order valence-electron chi connectivity index (χ4n) is 1.76. The molecule has 0 fully saturated rings. The zero-order valence-corrected chi connectivity index (χ0v) is 13.0. The number of aromatic nitrogens is 3. The van der Waals surface area contributed by atoms with Crippen molar-refractivity contribution in [2.45, 2.75) is 18.0 Å². The summed E-state index contributed by atoms with van der Waals surface area (Å²) in [6, 6.07) is 4.69. The molecular formula is C12H16ClN5O2S. The van der Waals surface area contributed by atoms with Gasteiger partial charge in [0.15, 0.2) is 0 Å². The first-order chi connectivity index (χ1) is 10.0. The molecule has 0 aliphatic rings. The van der Waals surface area contributed by atoms with Crippen LogP contribution in [0.1, 0.15) is 5.56 Å². The number of nitrogens with one attached hydrogen (secondary N) is 2. The number of nitrogens with zero attached hydrogens (tertiary/aromatic N) is 3. The molecule has 2 aromatic rings. The lowest BCUT2D eigenvalue weighted by Gasteiger charge is -2.09. The van der Waals surface area contributed by atoms with E-state index in [4.69, 9.17) is 11.6 Å². The summed E-state index contributed by atoms with van der Waals surface area (Å²) in [5.41, 5.74) is 0.848. The summed E-state index contributed by atoms with van der Waals surface area (Å²) in [4.78, 5) is 0.144. The first-order valence-corrected chi connectivity index (χ1v) is 8.16.